The maximum atomic E-state index is 10.6. The van der Waals surface area contributed by atoms with E-state index >= 15 is 0 Å². The number of aliphatic carboxylic acids is 1. The van der Waals surface area contributed by atoms with Gasteiger partial charge in [-0.1, -0.05) is 5.92 Å². The summed E-state index contributed by atoms with van der Waals surface area (Å²) in [6.45, 7) is 4.28. The number of hydrogen-bond acceptors (Lipinski definition) is 3. The van der Waals surface area contributed by atoms with Crippen molar-refractivity contribution in [2.45, 2.75) is 31.8 Å². The summed E-state index contributed by atoms with van der Waals surface area (Å²) in [6, 6.07) is -0.153. The number of terminal acetylenes is 1. The van der Waals surface area contributed by atoms with Crippen molar-refractivity contribution in [3.63, 3.8) is 0 Å². The summed E-state index contributed by atoms with van der Waals surface area (Å²) < 4.78 is 0. The highest BCUT2D eigenvalue weighted by Gasteiger charge is 2.21. The zero-order valence-corrected chi connectivity index (χ0v) is 9.07. The lowest BCUT2D eigenvalue weighted by molar-refractivity contribution is -0.139. The van der Waals surface area contributed by atoms with Crippen molar-refractivity contribution in [1.82, 2.24) is 10.2 Å². The molecule has 4 nitrogen and oxygen atoms in total. The number of nitrogens with zero attached hydrogens (tertiary/aromatic N) is 1. The molecule has 0 aromatic rings. The van der Waals surface area contributed by atoms with Gasteiger partial charge in [0.1, 0.15) is 6.04 Å². The Morgan fingerprint density at radius 3 is 2.73 bits per heavy atom. The molecule has 1 aliphatic heterocycles. The lowest BCUT2D eigenvalue weighted by atomic mass is 10.0. The van der Waals surface area contributed by atoms with E-state index < -0.39 is 12.0 Å². The quantitative estimate of drug-likeness (QED) is 0.648. The summed E-state index contributed by atoms with van der Waals surface area (Å²) in [4.78, 5) is 12.9. The maximum absolute atomic E-state index is 10.6. The van der Waals surface area contributed by atoms with E-state index in [1.807, 2.05) is 0 Å². The summed E-state index contributed by atoms with van der Waals surface area (Å²) in [5, 5.41) is 11.9. The fraction of sp³-hybridized carbons (Fsp3) is 0.727. The van der Waals surface area contributed by atoms with Crippen molar-refractivity contribution >= 4 is 5.97 Å². The van der Waals surface area contributed by atoms with Crippen LogP contribution in [0.4, 0.5) is 0 Å². The predicted octanol–water partition coefficient (Wildman–Crippen LogP) is 0.147. The molecule has 0 aliphatic carbocycles. The van der Waals surface area contributed by atoms with Crippen LogP contribution in [0, 0.1) is 12.3 Å². The highest BCUT2D eigenvalue weighted by molar-refractivity contribution is 5.72. The van der Waals surface area contributed by atoms with E-state index in [2.05, 4.69) is 16.1 Å². The molecule has 15 heavy (non-hydrogen) atoms. The van der Waals surface area contributed by atoms with Gasteiger partial charge < -0.3 is 10.4 Å². The van der Waals surface area contributed by atoms with Gasteiger partial charge in [-0.15, -0.1) is 6.42 Å². The minimum Gasteiger partial charge on any atom is -0.480 e. The zero-order valence-electron chi connectivity index (χ0n) is 9.07. The number of piperidine rings is 1. The molecule has 1 atom stereocenters. The van der Waals surface area contributed by atoms with Crippen LogP contribution in [-0.4, -0.2) is 47.7 Å². The van der Waals surface area contributed by atoms with E-state index in [1.165, 1.54) is 0 Å². The minimum absolute atomic E-state index is 0.310. The summed E-state index contributed by atoms with van der Waals surface area (Å²) >= 11 is 0. The SMILES string of the molecule is C#CCN1CCC(NC(C)C(=O)O)CC1. The molecule has 0 saturated carbocycles. The van der Waals surface area contributed by atoms with Crippen LogP contribution in [-0.2, 0) is 4.79 Å². The van der Waals surface area contributed by atoms with Crippen molar-refractivity contribution in [2.75, 3.05) is 19.6 Å². The van der Waals surface area contributed by atoms with Gasteiger partial charge in [-0.2, -0.15) is 0 Å². The van der Waals surface area contributed by atoms with E-state index in [0.29, 0.717) is 12.6 Å². The first-order valence-electron chi connectivity index (χ1n) is 5.28. The fourth-order valence-electron chi connectivity index (χ4n) is 1.81. The molecule has 1 fully saturated rings. The standard InChI is InChI=1S/C11H18N2O2/c1-3-6-13-7-4-10(5-8-13)12-9(2)11(14)15/h1,9-10,12H,4-8H2,2H3,(H,14,15). The Bertz CT molecular complexity index is 252. The van der Waals surface area contributed by atoms with Crippen LogP contribution in [0.2, 0.25) is 0 Å². The second-order valence-electron chi connectivity index (χ2n) is 3.98. The van der Waals surface area contributed by atoms with E-state index in [1.54, 1.807) is 6.92 Å². The van der Waals surface area contributed by atoms with Gasteiger partial charge in [0.2, 0.25) is 0 Å². The number of carboxylic acid groups (broad SMARTS) is 1. The smallest absolute Gasteiger partial charge is 0.320 e. The van der Waals surface area contributed by atoms with Gasteiger partial charge in [0.15, 0.2) is 0 Å². The molecule has 2 N–H and O–H groups in total. The Hall–Kier alpha value is -1.05. The predicted molar refractivity (Wildman–Crippen MR) is 58.5 cm³/mol. The highest BCUT2D eigenvalue weighted by atomic mass is 16.4. The Labute approximate surface area is 90.6 Å². The molecule has 0 amide bonds. The lowest BCUT2D eigenvalue weighted by Gasteiger charge is -2.32. The van der Waals surface area contributed by atoms with Gasteiger partial charge in [0, 0.05) is 19.1 Å². The summed E-state index contributed by atoms with van der Waals surface area (Å²) in [6.07, 6.45) is 7.17. The molecule has 0 bridgehead atoms. The monoisotopic (exact) mass is 210 g/mol. The molecule has 0 spiro atoms. The van der Waals surface area contributed by atoms with Gasteiger partial charge in [-0.3, -0.25) is 9.69 Å². The largest absolute Gasteiger partial charge is 0.480 e. The molecule has 0 radical (unpaired) electrons. The second-order valence-corrected chi connectivity index (χ2v) is 3.98. The number of carbonyl (C=O) groups is 1. The van der Waals surface area contributed by atoms with Crippen molar-refractivity contribution in [3.05, 3.63) is 0 Å². The van der Waals surface area contributed by atoms with Crippen LogP contribution in [0.1, 0.15) is 19.8 Å². The zero-order chi connectivity index (χ0) is 11.3. The number of carboxylic acids is 1. The van der Waals surface area contributed by atoms with Crippen LogP contribution in [0.5, 0.6) is 0 Å². The van der Waals surface area contributed by atoms with Crippen molar-refractivity contribution in [3.8, 4) is 12.3 Å². The fourth-order valence-corrected chi connectivity index (χ4v) is 1.81. The Morgan fingerprint density at radius 1 is 1.67 bits per heavy atom. The molecule has 1 rings (SSSR count). The molecule has 0 aromatic heterocycles. The van der Waals surface area contributed by atoms with Crippen molar-refractivity contribution in [1.29, 1.82) is 0 Å². The first-order chi connectivity index (χ1) is 7.13. The minimum atomic E-state index is -0.791. The van der Waals surface area contributed by atoms with Gasteiger partial charge in [0.05, 0.1) is 6.54 Å². The van der Waals surface area contributed by atoms with Crippen molar-refractivity contribution in [2.24, 2.45) is 0 Å². The summed E-state index contributed by atoms with van der Waals surface area (Å²) in [5.41, 5.74) is 0. The van der Waals surface area contributed by atoms with E-state index in [4.69, 9.17) is 11.5 Å². The Balaban J connectivity index is 2.26. The summed E-state index contributed by atoms with van der Waals surface area (Å²) in [5.74, 6) is 1.83. The Morgan fingerprint density at radius 2 is 2.27 bits per heavy atom. The number of hydrogen-bond donors (Lipinski definition) is 2. The average Bonchev–Trinajstić information content (AvgIpc) is 2.21. The summed E-state index contributed by atoms with van der Waals surface area (Å²) in [7, 11) is 0. The van der Waals surface area contributed by atoms with Crippen LogP contribution in [0.25, 0.3) is 0 Å². The molecule has 84 valence electrons. The molecule has 1 saturated heterocycles. The molecule has 0 aromatic carbocycles. The second kappa shape index (κ2) is 5.74. The van der Waals surface area contributed by atoms with Gasteiger partial charge in [-0.05, 0) is 19.8 Å². The number of rotatable bonds is 4. The van der Waals surface area contributed by atoms with Gasteiger partial charge >= 0.3 is 5.97 Å². The molecular formula is C11H18N2O2. The van der Waals surface area contributed by atoms with Crippen LogP contribution >= 0.6 is 0 Å². The van der Waals surface area contributed by atoms with E-state index in [-0.39, 0.29) is 0 Å². The Kier molecular flexibility index (Phi) is 4.60. The van der Waals surface area contributed by atoms with Gasteiger partial charge in [-0.25, -0.2) is 0 Å². The van der Waals surface area contributed by atoms with Crippen molar-refractivity contribution < 1.29 is 9.90 Å². The van der Waals surface area contributed by atoms with Crippen LogP contribution in [0.3, 0.4) is 0 Å². The number of nitrogens with one attached hydrogen (secondary N) is 1. The molecule has 1 aliphatic rings. The third-order valence-electron chi connectivity index (χ3n) is 2.76. The molecule has 1 unspecified atom stereocenters. The van der Waals surface area contributed by atoms with Gasteiger partial charge in [0.25, 0.3) is 0 Å². The molecule has 4 heteroatoms. The third-order valence-corrected chi connectivity index (χ3v) is 2.76. The first kappa shape index (κ1) is 12.0. The lowest BCUT2D eigenvalue weighted by Crippen LogP contribution is -2.47. The van der Waals surface area contributed by atoms with Crippen LogP contribution < -0.4 is 5.32 Å². The molecular weight excluding hydrogens is 192 g/mol. The number of likely N-dealkylation sites (tertiary alicyclic amines) is 1. The average molecular weight is 210 g/mol. The first-order valence-corrected chi connectivity index (χ1v) is 5.28. The maximum Gasteiger partial charge on any atom is 0.320 e. The van der Waals surface area contributed by atoms with E-state index in [0.717, 1.165) is 25.9 Å². The topological polar surface area (TPSA) is 52.6 Å². The van der Waals surface area contributed by atoms with E-state index in [9.17, 15) is 4.79 Å². The van der Waals surface area contributed by atoms with Crippen LogP contribution in [0.15, 0.2) is 0 Å². The normalized spacial score (nSPS) is 20.8. The highest BCUT2D eigenvalue weighted by Crippen LogP contribution is 2.10. The molecule has 1 heterocycles. The third kappa shape index (κ3) is 3.90.